The molecular weight excluding hydrogens is 496 g/mol. The van der Waals surface area contributed by atoms with Gasteiger partial charge in [0.25, 0.3) is 10.0 Å². The number of hydrogen-bond acceptors (Lipinski definition) is 6. The summed E-state index contributed by atoms with van der Waals surface area (Å²) >= 11 is 0. The third-order valence-electron chi connectivity index (χ3n) is 6.47. The van der Waals surface area contributed by atoms with Crippen LogP contribution in [0.5, 0.6) is 5.75 Å². The maximum absolute atomic E-state index is 13.6. The Bertz CT molecular complexity index is 1990. The molecule has 0 radical (unpaired) electrons. The first-order chi connectivity index (χ1) is 18.5. The normalized spacial score (nSPS) is 11.5. The van der Waals surface area contributed by atoms with Crippen molar-refractivity contribution in [1.29, 1.82) is 5.26 Å². The Hall–Kier alpha value is -5.00. The third kappa shape index (κ3) is 3.69. The van der Waals surface area contributed by atoms with E-state index < -0.39 is 10.0 Å². The molecule has 0 saturated heterocycles. The van der Waals surface area contributed by atoms with Gasteiger partial charge in [0.2, 0.25) is 0 Å². The van der Waals surface area contributed by atoms with Crippen LogP contribution in [0.4, 0.5) is 0 Å². The molecule has 8 heteroatoms. The van der Waals surface area contributed by atoms with E-state index in [1.165, 1.54) is 3.97 Å². The first-order valence-corrected chi connectivity index (χ1v) is 13.2. The van der Waals surface area contributed by atoms with Crippen LogP contribution in [0.1, 0.15) is 5.56 Å². The zero-order valence-electron chi connectivity index (χ0n) is 20.2. The quantitative estimate of drug-likeness (QED) is 0.277. The summed E-state index contributed by atoms with van der Waals surface area (Å²) in [5.41, 5.74) is 3.97. The number of methoxy groups -OCH3 is 1. The van der Waals surface area contributed by atoms with E-state index in [2.05, 4.69) is 11.1 Å². The number of fused-ring (bicyclic) bond motifs is 2. The van der Waals surface area contributed by atoms with Crippen LogP contribution in [0.25, 0.3) is 44.3 Å². The van der Waals surface area contributed by atoms with Crippen molar-refractivity contribution in [3.8, 4) is 34.2 Å². The summed E-state index contributed by atoms with van der Waals surface area (Å²) in [7, 11) is -2.32. The number of aromatic nitrogens is 3. The minimum absolute atomic E-state index is 0.155. The van der Waals surface area contributed by atoms with Crippen LogP contribution >= 0.6 is 0 Å². The average molecular weight is 517 g/mol. The number of rotatable bonds is 5. The summed E-state index contributed by atoms with van der Waals surface area (Å²) in [5.74, 6) is 0.670. The molecule has 0 aliphatic heterocycles. The second-order valence-electron chi connectivity index (χ2n) is 8.60. The monoisotopic (exact) mass is 516 g/mol. The van der Waals surface area contributed by atoms with Gasteiger partial charge in [0.15, 0.2) is 5.65 Å². The Labute approximate surface area is 219 Å². The summed E-state index contributed by atoms with van der Waals surface area (Å²) in [6.45, 7) is 0. The smallest absolute Gasteiger partial charge is 0.269 e. The number of para-hydroxylation sites is 2. The minimum Gasteiger partial charge on any atom is -0.496 e. The van der Waals surface area contributed by atoms with Crippen LogP contribution < -0.4 is 4.74 Å². The molecule has 0 aliphatic carbocycles. The van der Waals surface area contributed by atoms with Crippen molar-refractivity contribution < 1.29 is 13.2 Å². The summed E-state index contributed by atoms with van der Waals surface area (Å²) in [6.07, 6.45) is 3.11. The fraction of sp³-hybridized carbons (Fsp3) is 0.0333. The van der Waals surface area contributed by atoms with Crippen molar-refractivity contribution in [2.45, 2.75) is 4.90 Å². The second-order valence-corrected chi connectivity index (χ2v) is 10.4. The molecule has 0 spiro atoms. The molecular formula is C30H20N4O3S. The molecule has 0 aliphatic rings. The van der Waals surface area contributed by atoms with Crippen LogP contribution in [0, 0.1) is 11.3 Å². The molecule has 7 nitrogen and oxygen atoms in total. The number of pyridine rings is 2. The molecule has 0 unspecified atom stereocenters. The summed E-state index contributed by atoms with van der Waals surface area (Å²) in [6, 6.07) is 29.0. The van der Waals surface area contributed by atoms with Gasteiger partial charge in [-0.3, -0.25) is 0 Å². The largest absolute Gasteiger partial charge is 0.496 e. The third-order valence-corrected chi connectivity index (χ3v) is 8.13. The lowest BCUT2D eigenvalue weighted by Gasteiger charge is -2.13. The van der Waals surface area contributed by atoms with Crippen molar-refractivity contribution in [3.05, 3.63) is 109 Å². The maximum atomic E-state index is 13.6. The Morgan fingerprint density at radius 1 is 0.842 bits per heavy atom. The van der Waals surface area contributed by atoms with Gasteiger partial charge in [-0.25, -0.2) is 22.4 Å². The number of nitrogens with zero attached hydrogens (tertiary/aromatic N) is 4. The van der Waals surface area contributed by atoms with E-state index in [-0.39, 0.29) is 4.90 Å². The number of ether oxygens (including phenoxy) is 1. The van der Waals surface area contributed by atoms with Gasteiger partial charge in [-0.2, -0.15) is 5.26 Å². The van der Waals surface area contributed by atoms with Crippen LogP contribution in [0.2, 0.25) is 0 Å². The van der Waals surface area contributed by atoms with Crippen molar-refractivity contribution in [3.63, 3.8) is 0 Å². The Balaban J connectivity index is 1.69. The fourth-order valence-corrected chi connectivity index (χ4v) is 6.04. The van der Waals surface area contributed by atoms with Crippen LogP contribution in [0.15, 0.2) is 108 Å². The van der Waals surface area contributed by atoms with Crippen LogP contribution in [-0.4, -0.2) is 29.5 Å². The highest BCUT2D eigenvalue weighted by atomic mass is 32.2. The van der Waals surface area contributed by atoms with Crippen molar-refractivity contribution in [1.82, 2.24) is 13.9 Å². The molecule has 0 saturated carbocycles. The van der Waals surface area contributed by atoms with Gasteiger partial charge in [0.1, 0.15) is 11.8 Å². The predicted molar refractivity (Wildman–Crippen MR) is 146 cm³/mol. The van der Waals surface area contributed by atoms with Crippen LogP contribution in [-0.2, 0) is 10.0 Å². The van der Waals surface area contributed by atoms with E-state index in [4.69, 9.17) is 9.72 Å². The fourth-order valence-electron chi connectivity index (χ4n) is 4.69. The number of benzene rings is 3. The van der Waals surface area contributed by atoms with Crippen LogP contribution in [0.3, 0.4) is 0 Å². The standard InChI is InChI=1S/C30H20N4O3S/c1-37-28-15-6-5-12-22(28)25-17-27(33-29-20(18-31)9-7-13-23(25)29)26-19-34(30-24(26)14-8-16-32-30)38(35,36)21-10-3-2-4-11-21/h2-17,19H,1H3. The first kappa shape index (κ1) is 23.4. The molecule has 3 aromatic carbocycles. The molecule has 0 amide bonds. The lowest BCUT2D eigenvalue weighted by Crippen LogP contribution is -2.12. The van der Waals surface area contributed by atoms with Crippen molar-refractivity contribution in [2.75, 3.05) is 7.11 Å². The maximum Gasteiger partial charge on any atom is 0.269 e. The van der Waals surface area contributed by atoms with E-state index in [1.807, 2.05) is 48.5 Å². The molecule has 6 aromatic rings. The second kappa shape index (κ2) is 9.14. The lowest BCUT2D eigenvalue weighted by molar-refractivity contribution is 0.416. The molecule has 6 rings (SSSR count). The number of nitriles is 1. The van der Waals surface area contributed by atoms with E-state index in [9.17, 15) is 13.7 Å². The highest BCUT2D eigenvalue weighted by Gasteiger charge is 2.24. The zero-order chi connectivity index (χ0) is 26.3. The van der Waals surface area contributed by atoms with Gasteiger partial charge < -0.3 is 4.74 Å². The first-order valence-electron chi connectivity index (χ1n) is 11.8. The molecule has 38 heavy (non-hydrogen) atoms. The van der Waals surface area contributed by atoms with Gasteiger partial charge in [-0.05, 0) is 48.0 Å². The Morgan fingerprint density at radius 2 is 1.61 bits per heavy atom. The minimum atomic E-state index is -3.93. The van der Waals surface area contributed by atoms with E-state index in [1.54, 1.807) is 62.0 Å². The van der Waals surface area contributed by atoms with Crippen molar-refractivity contribution >= 4 is 32.0 Å². The van der Waals surface area contributed by atoms with Gasteiger partial charge >= 0.3 is 0 Å². The lowest BCUT2D eigenvalue weighted by atomic mass is 9.96. The molecule has 3 aromatic heterocycles. The molecule has 3 heterocycles. The van der Waals surface area contributed by atoms with Crippen molar-refractivity contribution in [2.24, 2.45) is 0 Å². The van der Waals surface area contributed by atoms with Gasteiger partial charge in [0.05, 0.1) is 28.8 Å². The zero-order valence-corrected chi connectivity index (χ0v) is 21.1. The SMILES string of the molecule is COc1ccccc1-c1cc(-c2cn(S(=O)(=O)c3ccccc3)c3ncccc23)nc2c(C#N)cccc12. The molecule has 0 atom stereocenters. The highest BCUT2D eigenvalue weighted by Crippen LogP contribution is 2.39. The highest BCUT2D eigenvalue weighted by molar-refractivity contribution is 7.90. The predicted octanol–water partition coefficient (Wildman–Crippen LogP) is 6.04. The van der Waals surface area contributed by atoms with Gasteiger partial charge in [-0.15, -0.1) is 0 Å². The van der Waals surface area contributed by atoms with Gasteiger partial charge in [-0.1, -0.05) is 48.5 Å². The molecule has 0 fully saturated rings. The molecule has 184 valence electrons. The Kier molecular flexibility index (Phi) is 5.63. The van der Waals surface area contributed by atoms with E-state index in [0.717, 1.165) is 16.5 Å². The van der Waals surface area contributed by atoms with E-state index >= 15 is 0 Å². The van der Waals surface area contributed by atoms with E-state index in [0.29, 0.717) is 39.1 Å². The summed E-state index contributed by atoms with van der Waals surface area (Å²) in [5, 5.41) is 11.3. The summed E-state index contributed by atoms with van der Waals surface area (Å²) in [4.78, 5) is 9.44. The topological polar surface area (TPSA) is 97.9 Å². The molecule has 0 N–H and O–H groups in total. The average Bonchev–Trinajstić information content (AvgIpc) is 3.37. The summed E-state index contributed by atoms with van der Waals surface area (Å²) < 4.78 is 34.1. The molecule has 0 bridgehead atoms. The van der Waals surface area contributed by atoms with Gasteiger partial charge in [0, 0.05) is 34.3 Å². The number of hydrogen-bond donors (Lipinski definition) is 0. The Morgan fingerprint density at radius 3 is 2.39 bits per heavy atom.